The fraction of sp³-hybridized carbons (Fsp3) is 0.207. The first-order valence-corrected chi connectivity index (χ1v) is 13.5. The van der Waals surface area contributed by atoms with Crippen LogP contribution >= 0.6 is 23.8 Å². The zero-order chi connectivity index (χ0) is 30.2. The quantitative estimate of drug-likeness (QED) is 0.132. The highest BCUT2D eigenvalue weighted by Gasteiger charge is 2.32. The number of carbonyl (C=O) groups excluding carboxylic acids is 3. The van der Waals surface area contributed by atoms with Crippen molar-refractivity contribution in [2.75, 3.05) is 20.3 Å². The lowest BCUT2D eigenvalue weighted by Gasteiger charge is -2.30. The molecule has 1 atom stereocenters. The molecule has 0 spiro atoms. The van der Waals surface area contributed by atoms with E-state index in [0.29, 0.717) is 44.8 Å². The maximum absolute atomic E-state index is 12.7. The van der Waals surface area contributed by atoms with E-state index in [0.717, 1.165) is 0 Å². The number of nitrogens with zero attached hydrogens (tertiary/aromatic N) is 1. The molecule has 1 aliphatic heterocycles. The summed E-state index contributed by atoms with van der Waals surface area (Å²) in [7, 11) is 1.28. The van der Waals surface area contributed by atoms with Crippen molar-refractivity contribution in [1.82, 2.24) is 16.1 Å². The van der Waals surface area contributed by atoms with Gasteiger partial charge in [-0.1, -0.05) is 35.9 Å². The van der Waals surface area contributed by atoms with Crippen molar-refractivity contribution in [3.63, 3.8) is 0 Å². The van der Waals surface area contributed by atoms with Gasteiger partial charge in [-0.2, -0.15) is 5.10 Å². The molecule has 0 saturated carbocycles. The minimum absolute atomic E-state index is 0.212. The van der Waals surface area contributed by atoms with E-state index in [4.69, 9.17) is 42.4 Å². The maximum Gasteiger partial charge on any atom is 0.339 e. The van der Waals surface area contributed by atoms with Gasteiger partial charge in [0.05, 0.1) is 42.1 Å². The Morgan fingerprint density at radius 2 is 1.93 bits per heavy atom. The van der Waals surface area contributed by atoms with Gasteiger partial charge in [0.2, 0.25) is 0 Å². The van der Waals surface area contributed by atoms with Gasteiger partial charge in [0.15, 0.2) is 11.7 Å². The molecule has 0 saturated heterocycles. The number of benzene rings is 2. The molecular formula is C29H27ClN4O7S. The minimum atomic E-state index is -0.644. The van der Waals surface area contributed by atoms with E-state index in [1.807, 2.05) is 0 Å². The largest absolute Gasteiger partial charge is 0.483 e. The lowest BCUT2D eigenvalue weighted by Crippen LogP contribution is -2.45. The van der Waals surface area contributed by atoms with Crippen LogP contribution in [0.3, 0.4) is 0 Å². The van der Waals surface area contributed by atoms with E-state index in [2.05, 4.69) is 21.2 Å². The zero-order valence-corrected chi connectivity index (χ0v) is 24.4. The van der Waals surface area contributed by atoms with Crippen molar-refractivity contribution in [3.05, 3.63) is 87.8 Å². The third-order valence-electron chi connectivity index (χ3n) is 6.02. The molecule has 13 heteroatoms. The summed E-state index contributed by atoms with van der Waals surface area (Å²) in [6, 6.07) is 14.5. The van der Waals surface area contributed by atoms with Crippen LogP contribution in [0.25, 0.3) is 11.3 Å². The number of esters is 2. The summed E-state index contributed by atoms with van der Waals surface area (Å²) >= 11 is 11.5. The van der Waals surface area contributed by atoms with Gasteiger partial charge in [-0.25, -0.2) is 15.0 Å². The summed E-state index contributed by atoms with van der Waals surface area (Å²) < 4.78 is 21.5. The van der Waals surface area contributed by atoms with Gasteiger partial charge < -0.3 is 29.3 Å². The van der Waals surface area contributed by atoms with Gasteiger partial charge in [-0.15, -0.1) is 0 Å². The lowest BCUT2D eigenvalue weighted by molar-refractivity contribution is -0.139. The average molecular weight is 611 g/mol. The van der Waals surface area contributed by atoms with Crippen LogP contribution in [0.2, 0.25) is 5.02 Å². The topological polar surface area (TPSA) is 140 Å². The lowest BCUT2D eigenvalue weighted by atomic mass is 9.95. The Labute approximate surface area is 251 Å². The number of hydrazone groups is 1. The van der Waals surface area contributed by atoms with Gasteiger partial charge in [0, 0.05) is 16.8 Å². The number of thiocarbonyl (C=S) groups is 1. The van der Waals surface area contributed by atoms with Crippen molar-refractivity contribution >= 4 is 53.0 Å². The maximum atomic E-state index is 12.7. The summed E-state index contributed by atoms with van der Waals surface area (Å²) in [6.45, 7) is 3.32. The number of para-hydroxylation sites is 1. The SMILES string of the molecule is CCOC(=O)C1=C(C)NC(=S)N[C@@H]1c1ccccc1OCC(=O)NN=Cc1ccc(-c2ccc(C(=O)OC)c(Cl)c2)o1. The Morgan fingerprint density at radius 3 is 2.67 bits per heavy atom. The van der Waals surface area contributed by atoms with Crippen molar-refractivity contribution in [2.45, 2.75) is 19.9 Å². The molecule has 1 aliphatic rings. The number of halogens is 1. The first-order valence-electron chi connectivity index (χ1n) is 12.7. The second kappa shape index (κ2) is 13.8. The van der Waals surface area contributed by atoms with E-state index in [1.165, 1.54) is 13.3 Å². The van der Waals surface area contributed by atoms with Crippen molar-refractivity contribution in [1.29, 1.82) is 0 Å². The molecule has 0 fully saturated rings. The molecule has 42 heavy (non-hydrogen) atoms. The van der Waals surface area contributed by atoms with Crippen LogP contribution in [-0.2, 0) is 19.1 Å². The predicted molar refractivity (Wildman–Crippen MR) is 159 cm³/mol. The summed E-state index contributed by atoms with van der Waals surface area (Å²) in [5.74, 6) is -0.329. The van der Waals surface area contributed by atoms with Crippen molar-refractivity contribution < 1.29 is 33.0 Å². The third kappa shape index (κ3) is 7.14. The Bertz CT molecular complexity index is 1580. The Kier molecular flexibility index (Phi) is 9.94. The van der Waals surface area contributed by atoms with Crippen molar-refractivity contribution in [3.8, 4) is 17.1 Å². The number of amides is 1. The highest BCUT2D eigenvalue weighted by atomic mass is 35.5. The second-order valence-corrected chi connectivity index (χ2v) is 9.61. The van der Waals surface area contributed by atoms with Crippen LogP contribution in [-0.4, -0.2) is 49.5 Å². The molecule has 1 aromatic heterocycles. The van der Waals surface area contributed by atoms with Gasteiger partial charge in [0.25, 0.3) is 5.91 Å². The summed E-state index contributed by atoms with van der Waals surface area (Å²) in [6.07, 6.45) is 1.33. The molecule has 0 bridgehead atoms. The number of methoxy groups -OCH3 is 1. The Balaban J connectivity index is 1.39. The van der Waals surface area contributed by atoms with Crippen LogP contribution < -0.4 is 20.8 Å². The molecule has 2 heterocycles. The third-order valence-corrected chi connectivity index (χ3v) is 6.55. The van der Waals surface area contributed by atoms with Gasteiger partial charge in [-0.3, -0.25) is 4.79 Å². The molecule has 0 unspecified atom stereocenters. The number of hydrogen-bond donors (Lipinski definition) is 3. The number of carbonyl (C=O) groups is 3. The smallest absolute Gasteiger partial charge is 0.339 e. The highest BCUT2D eigenvalue weighted by Crippen LogP contribution is 2.33. The van der Waals surface area contributed by atoms with E-state index in [1.54, 1.807) is 68.4 Å². The minimum Gasteiger partial charge on any atom is -0.483 e. The normalized spacial score (nSPS) is 14.7. The molecule has 2 aromatic carbocycles. The van der Waals surface area contributed by atoms with Crippen LogP contribution in [0.5, 0.6) is 5.75 Å². The number of nitrogens with one attached hydrogen (secondary N) is 3. The van der Waals surface area contributed by atoms with Crippen molar-refractivity contribution in [2.24, 2.45) is 5.10 Å². The Morgan fingerprint density at radius 1 is 1.14 bits per heavy atom. The number of furan rings is 1. The van der Waals surface area contributed by atoms with E-state index in [-0.39, 0.29) is 23.8 Å². The highest BCUT2D eigenvalue weighted by molar-refractivity contribution is 7.80. The monoisotopic (exact) mass is 610 g/mol. The summed E-state index contributed by atoms with van der Waals surface area (Å²) in [5, 5.41) is 10.5. The van der Waals surface area contributed by atoms with E-state index >= 15 is 0 Å². The molecule has 11 nitrogen and oxygen atoms in total. The van der Waals surface area contributed by atoms with E-state index < -0.39 is 23.9 Å². The van der Waals surface area contributed by atoms with Crippen LogP contribution in [0.15, 0.2) is 75.4 Å². The number of allylic oxidation sites excluding steroid dienone is 1. The number of rotatable bonds is 10. The first kappa shape index (κ1) is 30.3. The fourth-order valence-electron chi connectivity index (χ4n) is 4.12. The average Bonchev–Trinajstić information content (AvgIpc) is 3.44. The van der Waals surface area contributed by atoms with Crippen LogP contribution in [0.1, 0.15) is 41.6 Å². The molecule has 3 N–H and O–H groups in total. The molecule has 0 aliphatic carbocycles. The van der Waals surface area contributed by atoms with Gasteiger partial charge in [0.1, 0.15) is 17.3 Å². The van der Waals surface area contributed by atoms with Crippen LogP contribution in [0.4, 0.5) is 0 Å². The second-order valence-electron chi connectivity index (χ2n) is 8.80. The molecule has 1 amide bonds. The summed E-state index contributed by atoms with van der Waals surface area (Å²) in [5.41, 5.74) is 4.79. The van der Waals surface area contributed by atoms with Gasteiger partial charge >= 0.3 is 11.9 Å². The zero-order valence-electron chi connectivity index (χ0n) is 22.9. The number of ether oxygens (including phenoxy) is 3. The van der Waals surface area contributed by atoms with Crippen LogP contribution in [0, 0.1) is 0 Å². The number of hydrogen-bond acceptors (Lipinski definition) is 9. The van der Waals surface area contributed by atoms with E-state index in [9.17, 15) is 14.4 Å². The molecule has 3 aromatic rings. The first-order chi connectivity index (χ1) is 20.2. The fourth-order valence-corrected chi connectivity index (χ4v) is 4.65. The predicted octanol–water partition coefficient (Wildman–Crippen LogP) is 4.27. The standard InChI is InChI=1S/C29H27ClN4O7S/c1-4-39-28(37)25-16(2)32-29(42)33-26(25)20-7-5-6-8-23(20)40-15-24(35)34-31-14-18-10-12-22(41-18)17-9-11-19(21(30)13-17)27(36)38-3/h5-14,26H,4,15H2,1-3H3,(H,34,35)(H2,32,33,42)/t26-/m1/s1. The molecular weight excluding hydrogens is 584 g/mol. The molecule has 0 radical (unpaired) electrons. The Hall–Kier alpha value is -4.68. The summed E-state index contributed by atoms with van der Waals surface area (Å²) in [4.78, 5) is 36.9. The molecule has 218 valence electrons. The molecule has 4 rings (SSSR count). The van der Waals surface area contributed by atoms with Gasteiger partial charge in [-0.05, 0) is 56.4 Å².